The van der Waals surface area contributed by atoms with Crippen molar-refractivity contribution >= 4 is 16.2 Å². The van der Waals surface area contributed by atoms with E-state index < -0.39 is 39.4 Å². The van der Waals surface area contributed by atoms with E-state index in [1.54, 1.807) is 0 Å². The Kier molecular flexibility index (Phi) is 3.53. The van der Waals surface area contributed by atoms with Gasteiger partial charge in [-0.25, -0.2) is 8.78 Å². The molecule has 0 saturated carbocycles. The standard InChI is InChI=1S/C8H6F3NO3S/c1-3-4(9)7(12-16(13)14)5(10)6(11)8(3)15-2/h1-2H3. The van der Waals surface area contributed by atoms with E-state index in [2.05, 4.69) is 9.10 Å². The van der Waals surface area contributed by atoms with Crippen molar-refractivity contribution in [2.24, 2.45) is 4.36 Å². The van der Waals surface area contributed by atoms with Crippen molar-refractivity contribution in [2.75, 3.05) is 7.11 Å². The van der Waals surface area contributed by atoms with Gasteiger partial charge in [-0.2, -0.15) is 12.8 Å². The monoisotopic (exact) mass is 253 g/mol. The number of nitrogens with zero attached hydrogens (tertiary/aromatic N) is 1. The van der Waals surface area contributed by atoms with E-state index in [1.807, 2.05) is 0 Å². The predicted molar refractivity (Wildman–Crippen MR) is 48.6 cm³/mol. The molecule has 0 amide bonds. The minimum absolute atomic E-state index is 0.356. The molecule has 0 N–H and O–H groups in total. The lowest BCUT2D eigenvalue weighted by atomic mass is 10.1. The van der Waals surface area contributed by atoms with E-state index in [4.69, 9.17) is 0 Å². The smallest absolute Gasteiger partial charge is 0.316 e. The molecule has 0 fully saturated rings. The van der Waals surface area contributed by atoms with E-state index in [0.29, 0.717) is 0 Å². The van der Waals surface area contributed by atoms with Gasteiger partial charge in [0.25, 0.3) is 0 Å². The Labute approximate surface area is 90.4 Å². The molecule has 1 aromatic carbocycles. The fourth-order valence-corrected chi connectivity index (χ4v) is 1.45. The third-order valence-electron chi connectivity index (χ3n) is 1.85. The predicted octanol–water partition coefficient (Wildman–Crippen LogP) is 2.12. The van der Waals surface area contributed by atoms with E-state index in [1.165, 1.54) is 0 Å². The number of halogens is 3. The van der Waals surface area contributed by atoms with Crippen LogP contribution in [0.15, 0.2) is 4.36 Å². The molecular formula is C8H6F3NO3S. The summed E-state index contributed by atoms with van der Waals surface area (Å²) in [5.74, 6) is -5.08. The van der Waals surface area contributed by atoms with Crippen LogP contribution in [0.1, 0.15) is 5.56 Å². The van der Waals surface area contributed by atoms with Crippen LogP contribution < -0.4 is 4.74 Å². The summed E-state index contributed by atoms with van der Waals surface area (Å²) in [6, 6.07) is 0. The topological polar surface area (TPSA) is 55.7 Å². The van der Waals surface area contributed by atoms with Crippen molar-refractivity contribution in [2.45, 2.75) is 6.92 Å². The third kappa shape index (κ3) is 2.01. The van der Waals surface area contributed by atoms with Gasteiger partial charge < -0.3 is 4.74 Å². The molecule has 88 valence electrons. The maximum atomic E-state index is 13.4. The summed E-state index contributed by atoms with van der Waals surface area (Å²) < 4.78 is 67.3. The molecule has 0 aliphatic heterocycles. The molecule has 4 nitrogen and oxygen atoms in total. The van der Waals surface area contributed by atoms with Gasteiger partial charge in [0.1, 0.15) is 0 Å². The lowest BCUT2D eigenvalue weighted by Gasteiger charge is -2.09. The van der Waals surface area contributed by atoms with Gasteiger partial charge in [0.2, 0.25) is 5.82 Å². The van der Waals surface area contributed by atoms with Crippen molar-refractivity contribution in [3.63, 3.8) is 0 Å². The molecule has 0 aliphatic carbocycles. The van der Waals surface area contributed by atoms with Gasteiger partial charge in [-0.15, -0.1) is 4.36 Å². The number of hydrogen-bond donors (Lipinski definition) is 0. The zero-order valence-corrected chi connectivity index (χ0v) is 9.03. The average Bonchev–Trinajstić information content (AvgIpc) is 2.22. The van der Waals surface area contributed by atoms with Gasteiger partial charge in [0, 0.05) is 5.56 Å². The maximum absolute atomic E-state index is 13.4. The van der Waals surface area contributed by atoms with Crippen molar-refractivity contribution in [1.82, 2.24) is 0 Å². The number of methoxy groups -OCH3 is 1. The fraction of sp³-hybridized carbons (Fsp3) is 0.250. The second-order valence-corrected chi connectivity index (χ2v) is 3.37. The first-order chi connectivity index (χ1) is 7.40. The number of benzene rings is 1. The van der Waals surface area contributed by atoms with Crippen LogP contribution in [0.4, 0.5) is 18.9 Å². The van der Waals surface area contributed by atoms with Crippen LogP contribution in [0, 0.1) is 24.4 Å². The second kappa shape index (κ2) is 4.52. The first kappa shape index (κ1) is 12.5. The molecule has 0 aromatic heterocycles. The van der Waals surface area contributed by atoms with E-state index in [0.717, 1.165) is 14.0 Å². The Morgan fingerprint density at radius 3 is 2.12 bits per heavy atom. The summed E-state index contributed by atoms with van der Waals surface area (Å²) in [6.45, 7) is 1.11. The summed E-state index contributed by atoms with van der Waals surface area (Å²) in [7, 11) is -2.04. The summed E-state index contributed by atoms with van der Waals surface area (Å²) in [4.78, 5) is 0. The fourth-order valence-electron chi connectivity index (χ4n) is 1.14. The summed E-state index contributed by atoms with van der Waals surface area (Å²) in [5, 5.41) is 0. The molecule has 0 aliphatic rings. The van der Waals surface area contributed by atoms with Crippen LogP contribution in [0.25, 0.3) is 0 Å². The highest BCUT2D eigenvalue weighted by atomic mass is 32.2. The zero-order chi connectivity index (χ0) is 12.5. The molecule has 0 radical (unpaired) electrons. The number of ether oxygens (including phenoxy) is 1. The maximum Gasteiger partial charge on any atom is 0.316 e. The molecule has 0 saturated heterocycles. The van der Waals surface area contributed by atoms with Crippen LogP contribution in [-0.2, 0) is 10.5 Å². The Balaban J connectivity index is 3.73. The Hall–Kier alpha value is -1.57. The van der Waals surface area contributed by atoms with Crippen LogP contribution >= 0.6 is 0 Å². The van der Waals surface area contributed by atoms with Crippen molar-refractivity contribution < 1.29 is 26.3 Å². The molecule has 8 heteroatoms. The SMILES string of the molecule is COc1c(C)c(F)c(N=S(=O)=O)c(F)c1F. The van der Waals surface area contributed by atoms with Crippen LogP contribution in [0.3, 0.4) is 0 Å². The van der Waals surface area contributed by atoms with Gasteiger partial charge in [0.15, 0.2) is 23.1 Å². The molecule has 1 aromatic rings. The summed E-state index contributed by atoms with van der Waals surface area (Å²) in [6.07, 6.45) is 0. The second-order valence-electron chi connectivity index (χ2n) is 2.76. The first-order valence-electron chi connectivity index (χ1n) is 3.92. The highest BCUT2D eigenvalue weighted by molar-refractivity contribution is 7.61. The van der Waals surface area contributed by atoms with Crippen molar-refractivity contribution in [3.05, 3.63) is 23.0 Å². The van der Waals surface area contributed by atoms with Gasteiger partial charge in [-0.1, -0.05) is 0 Å². The summed E-state index contributed by atoms with van der Waals surface area (Å²) >= 11 is 0. The van der Waals surface area contributed by atoms with Gasteiger partial charge >= 0.3 is 10.5 Å². The van der Waals surface area contributed by atoms with E-state index in [9.17, 15) is 21.6 Å². The van der Waals surface area contributed by atoms with Crippen LogP contribution in [-0.4, -0.2) is 15.5 Å². The normalized spacial score (nSPS) is 10.1. The van der Waals surface area contributed by atoms with Gasteiger partial charge in [-0.05, 0) is 6.92 Å². The highest BCUT2D eigenvalue weighted by Gasteiger charge is 2.23. The molecule has 0 spiro atoms. The highest BCUT2D eigenvalue weighted by Crippen LogP contribution is 2.34. The molecule has 0 unspecified atom stereocenters. The molecule has 0 heterocycles. The Morgan fingerprint density at radius 1 is 1.12 bits per heavy atom. The largest absolute Gasteiger partial charge is 0.493 e. The van der Waals surface area contributed by atoms with Crippen molar-refractivity contribution in [3.8, 4) is 5.75 Å². The van der Waals surface area contributed by atoms with Crippen LogP contribution in [0.2, 0.25) is 0 Å². The Bertz CT molecular complexity index is 531. The molecular weight excluding hydrogens is 247 g/mol. The Morgan fingerprint density at radius 2 is 1.69 bits per heavy atom. The van der Waals surface area contributed by atoms with Crippen LogP contribution in [0.5, 0.6) is 5.75 Å². The van der Waals surface area contributed by atoms with Gasteiger partial charge in [-0.3, -0.25) is 0 Å². The molecule has 0 atom stereocenters. The lowest BCUT2D eigenvalue weighted by Crippen LogP contribution is -1.99. The van der Waals surface area contributed by atoms with Gasteiger partial charge in [0.05, 0.1) is 7.11 Å². The minimum Gasteiger partial charge on any atom is -0.493 e. The zero-order valence-electron chi connectivity index (χ0n) is 8.21. The van der Waals surface area contributed by atoms with E-state index >= 15 is 0 Å². The quantitative estimate of drug-likeness (QED) is 0.758. The molecule has 16 heavy (non-hydrogen) atoms. The summed E-state index contributed by atoms with van der Waals surface area (Å²) in [5.41, 5.74) is -1.55. The number of rotatable bonds is 2. The number of hydrogen-bond acceptors (Lipinski definition) is 4. The lowest BCUT2D eigenvalue weighted by molar-refractivity contribution is 0.363. The average molecular weight is 253 g/mol. The van der Waals surface area contributed by atoms with E-state index in [-0.39, 0.29) is 5.56 Å². The third-order valence-corrected chi connectivity index (χ3v) is 2.18. The minimum atomic E-state index is -3.07. The molecule has 0 bridgehead atoms. The first-order valence-corrected chi connectivity index (χ1v) is 4.95. The molecule has 1 rings (SSSR count). The van der Waals surface area contributed by atoms with Crippen molar-refractivity contribution in [1.29, 1.82) is 0 Å².